The molecule has 1 saturated heterocycles. The minimum atomic E-state index is -1.27. The molecule has 8 nitrogen and oxygen atoms in total. The second kappa shape index (κ2) is 8.99. The van der Waals surface area contributed by atoms with E-state index in [0.717, 1.165) is 22.4 Å². The second-order valence-corrected chi connectivity index (χ2v) is 7.53. The molecular weight excluding hydrogens is 398 g/mol. The van der Waals surface area contributed by atoms with Crippen LogP contribution in [0, 0.1) is 6.92 Å². The van der Waals surface area contributed by atoms with E-state index in [1.54, 1.807) is 31.2 Å². The molecule has 0 saturated carbocycles. The van der Waals surface area contributed by atoms with Gasteiger partial charge in [0.2, 0.25) is 0 Å². The van der Waals surface area contributed by atoms with Crippen LogP contribution in [0.3, 0.4) is 0 Å². The van der Waals surface area contributed by atoms with Crippen LogP contribution in [0.5, 0.6) is 0 Å². The Bertz CT molecular complexity index is 1020. The summed E-state index contributed by atoms with van der Waals surface area (Å²) in [6.07, 6.45) is 0.738. The van der Waals surface area contributed by atoms with Gasteiger partial charge in [-0.15, -0.1) is 0 Å². The van der Waals surface area contributed by atoms with Gasteiger partial charge in [0.25, 0.3) is 11.8 Å². The predicted octanol–water partition coefficient (Wildman–Crippen LogP) is 2.51. The zero-order chi connectivity index (χ0) is 22.6. The molecule has 1 fully saturated rings. The van der Waals surface area contributed by atoms with Gasteiger partial charge in [-0.25, -0.2) is 4.79 Å². The first kappa shape index (κ1) is 22.0. The SMILES string of the molecule is CCc1ccccc1NC(=O)COC(=O)CN1C(=O)N[C@](C)(c2ccc(C)cc2)C1=O. The van der Waals surface area contributed by atoms with Crippen molar-refractivity contribution in [3.63, 3.8) is 0 Å². The number of hydrogen-bond acceptors (Lipinski definition) is 5. The fraction of sp³-hybridized carbons (Fsp3) is 0.304. The molecule has 0 bridgehead atoms. The van der Waals surface area contributed by atoms with Crippen LogP contribution in [-0.4, -0.2) is 41.9 Å². The van der Waals surface area contributed by atoms with Crippen LogP contribution in [0.1, 0.15) is 30.5 Å². The number of rotatable bonds is 7. The van der Waals surface area contributed by atoms with Gasteiger partial charge < -0.3 is 15.4 Å². The normalized spacial score (nSPS) is 18.0. The number of anilines is 1. The van der Waals surface area contributed by atoms with Crippen LogP contribution in [-0.2, 0) is 31.1 Å². The van der Waals surface area contributed by atoms with E-state index in [1.807, 2.05) is 38.1 Å². The highest BCUT2D eigenvalue weighted by atomic mass is 16.5. The molecule has 0 spiro atoms. The Kier molecular flexibility index (Phi) is 6.39. The molecule has 8 heteroatoms. The average Bonchev–Trinajstić information content (AvgIpc) is 2.97. The van der Waals surface area contributed by atoms with Crippen LogP contribution >= 0.6 is 0 Å². The minimum absolute atomic E-state index is 0.504. The van der Waals surface area contributed by atoms with Crippen LogP contribution in [0.4, 0.5) is 10.5 Å². The molecule has 2 N–H and O–H groups in total. The Balaban J connectivity index is 1.57. The highest BCUT2D eigenvalue weighted by molar-refractivity contribution is 6.09. The number of nitrogens with one attached hydrogen (secondary N) is 2. The molecule has 31 heavy (non-hydrogen) atoms. The summed E-state index contributed by atoms with van der Waals surface area (Å²) in [7, 11) is 0. The number of carbonyl (C=O) groups is 4. The summed E-state index contributed by atoms with van der Waals surface area (Å²) in [5.74, 6) is -1.91. The van der Waals surface area contributed by atoms with Crippen molar-refractivity contribution >= 4 is 29.5 Å². The van der Waals surface area contributed by atoms with Crippen LogP contribution in [0.2, 0.25) is 0 Å². The number of ether oxygens (including phenoxy) is 1. The molecule has 2 aromatic carbocycles. The lowest BCUT2D eigenvalue weighted by Crippen LogP contribution is -2.41. The molecule has 4 amide bonds. The number of nitrogens with zero attached hydrogens (tertiary/aromatic N) is 1. The van der Waals surface area contributed by atoms with Gasteiger partial charge in [-0.2, -0.15) is 0 Å². The van der Waals surface area contributed by atoms with E-state index in [-0.39, 0.29) is 0 Å². The van der Waals surface area contributed by atoms with Gasteiger partial charge in [-0.1, -0.05) is 55.0 Å². The van der Waals surface area contributed by atoms with Crippen molar-refractivity contribution in [2.75, 3.05) is 18.5 Å². The maximum absolute atomic E-state index is 12.9. The van der Waals surface area contributed by atoms with Crippen molar-refractivity contribution in [2.24, 2.45) is 0 Å². The lowest BCUT2D eigenvalue weighted by atomic mass is 9.91. The third kappa shape index (κ3) is 4.74. The number of para-hydroxylation sites is 1. The first-order valence-corrected chi connectivity index (χ1v) is 9.99. The van der Waals surface area contributed by atoms with Crippen molar-refractivity contribution in [3.8, 4) is 0 Å². The molecule has 3 rings (SSSR count). The summed E-state index contributed by atoms with van der Waals surface area (Å²) in [5.41, 5.74) is 1.96. The largest absolute Gasteiger partial charge is 0.454 e. The molecule has 0 aromatic heterocycles. The van der Waals surface area contributed by atoms with E-state index in [2.05, 4.69) is 10.6 Å². The van der Waals surface area contributed by atoms with Gasteiger partial charge in [-0.05, 0) is 37.5 Å². The number of hydrogen-bond donors (Lipinski definition) is 2. The van der Waals surface area contributed by atoms with Gasteiger partial charge in [0, 0.05) is 5.69 Å². The van der Waals surface area contributed by atoms with E-state index < -0.39 is 42.5 Å². The van der Waals surface area contributed by atoms with E-state index in [4.69, 9.17) is 4.74 Å². The number of imide groups is 1. The third-order valence-electron chi connectivity index (χ3n) is 5.23. The monoisotopic (exact) mass is 423 g/mol. The van der Waals surface area contributed by atoms with Gasteiger partial charge in [0.05, 0.1) is 0 Å². The molecular formula is C23H25N3O5. The third-order valence-corrected chi connectivity index (χ3v) is 5.23. The Labute approximate surface area is 180 Å². The number of amides is 4. The Morgan fingerprint density at radius 3 is 2.45 bits per heavy atom. The Morgan fingerprint density at radius 2 is 1.77 bits per heavy atom. The molecule has 162 valence electrons. The molecule has 0 radical (unpaired) electrons. The van der Waals surface area contributed by atoms with Crippen molar-refractivity contribution in [2.45, 2.75) is 32.7 Å². The molecule has 0 unspecified atom stereocenters. The molecule has 0 aliphatic carbocycles. The topological polar surface area (TPSA) is 105 Å². The van der Waals surface area contributed by atoms with Crippen molar-refractivity contribution in [3.05, 3.63) is 65.2 Å². The van der Waals surface area contributed by atoms with Gasteiger partial charge in [-0.3, -0.25) is 19.3 Å². The van der Waals surface area contributed by atoms with Gasteiger partial charge in [0.15, 0.2) is 6.61 Å². The summed E-state index contributed by atoms with van der Waals surface area (Å²) >= 11 is 0. The fourth-order valence-corrected chi connectivity index (χ4v) is 3.38. The van der Waals surface area contributed by atoms with Crippen molar-refractivity contribution in [1.82, 2.24) is 10.2 Å². The fourth-order valence-electron chi connectivity index (χ4n) is 3.38. The van der Waals surface area contributed by atoms with E-state index >= 15 is 0 Å². The van der Waals surface area contributed by atoms with Crippen LogP contribution in [0.25, 0.3) is 0 Å². The van der Waals surface area contributed by atoms with Crippen molar-refractivity contribution in [1.29, 1.82) is 0 Å². The minimum Gasteiger partial charge on any atom is -0.454 e. The van der Waals surface area contributed by atoms with Crippen LogP contribution in [0.15, 0.2) is 48.5 Å². The summed E-state index contributed by atoms with van der Waals surface area (Å²) in [6.45, 7) is 4.37. The van der Waals surface area contributed by atoms with E-state index in [0.29, 0.717) is 11.3 Å². The molecule has 1 heterocycles. The molecule has 2 aromatic rings. The molecule has 1 aliphatic rings. The smallest absolute Gasteiger partial charge is 0.326 e. The quantitative estimate of drug-likeness (QED) is 0.526. The van der Waals surface area contributed by atoms with Gasteiger partial charge >= 0.3 is 12.0 Å². The highest BCUT2D eigenvalue weighted by Gasteiger charge is 2.49. The van der Waals surface area contributed by atoms with E-state index in [9.17, 15) is 19.2 Å². The number of benzene rings is 2. The average molecular weight is 423 g/mol. The van der Waals surface area contributed by atoms with E-state index in [1.165, 1.54) is 0 Å². The second-order valence-electron chi connectivity index (χ2n) is 7.53. The maximum atomic E-state index is 12.9. The first-order chi connectivity index (χ1) is 14.7. The number of urea groups is 1. The van der Waals surface area contributed by atoms with Crippen LogP contribution < -0.4 is 10.6 Å². The number of aryl methyl sites for hydroxylation is 2. The Morgan fingerprint density at radius 1 is 1.10 bits per heavy atom. The first-order valence-electron chi connectivity index (χ1n) is 9.99. The maximum Gasteiger partial charge on any atom is 0.326 e. The standard InChI is InChI=1S/C23H25N3O5/c1-4-16-7-5-6-8-18(16)24-19(27)14-31-20(28)13-26-21(29)23(3,25-22(26)30)17-11-9-15(2)10-12-17/h5-12H,4,13-14H2,1-3H3,(H,24,27)(H,25,30)/t23-/m1/s1. The summed E-state index contributed by atoms with van der Waals surface area (Å²) in [4.78, 5) is 50.3. The number of esters is 1. The van der Waals surface area contributed by atoms with Gasteiger partial charge in [0.1, 0.15) is 12.1 Å². The Hall–Kier alpha value is -3.68. The number of carbonyl (C=O) groups excluding carboxylic acids is 4. The zero-order valence-corrected chi connectivity index (χ0v) is 17.7. The zero-order valence-electron chi connectivity index (χ0n) is 17.7. The predicted molar refractivity (Wildman–Crippen MR) is 114 cm³/mol. The lowest BCUT2D eigenvalue weighted by molar-refractivity contribution is -0.150. The summed E-state index contributed by atoms with van der Waals surface area (Å²) in [6, 6.07) is 13.8. The molecule has 1 aliphatic heterocycles. The molecule has 1 atom stereocenters. The summed E-state index contributed by atoms with van der Waals surface area (Å²) < 4.78 is 4.97. The van der Waals surface area contributed by atoms with Crippen molar-refractivity contribution < 1.29 is 23.9 Å². The summed E-state index contributed by atoms with van der Waals surface area (Å²) in [5, 5.41) is 5.32. The highest BCUT2D eigenvalue weighted by Crippen LogP contribution is 2.28. The lowest BCUT2D eigenvalue weighted by Gasteiger charge is -2.22.